The number of halogens is 3. The number of nitrogens with one attached hydrogen (secondary N) is 2. The summed E-state index contributed by atoms with van der Waals surface area (Å²) < 4.78 is 38.8. The van der Waals surface area contributed by atoms with E-state index in [0.717, 1.165) is 12.3 Å². The number of fused-ring (bicyclic) bond motifs is 1. The second-order valence-electron chi connectivity index (χ2n) is 6.27. The number of hydrogen-bond acceptors (Lipinski definition) is 5. The molecule has 0 aliphatic carbocycles. The first-order chi connectivity index (χ1) is 13.8. The van der Waals surface area contributed by atoms with Crippen molar-refractivity contribution < 1.29 is 18.0 Å². The van der Waals surface area contributed by atoms with Gasteiger partial charge in [-0.15, -0.1) is 0 Å². The van der Waals surface area contributed by atoms with Crippen molar-refractivity contribution in [3.8, 4) is 0 Å². The first-order valence-electron chi connectivity index (χ1n) is 8.76. The highest BCUT2D eigenvalue weighted by Gasteiger charge is 2.30. The molecule has 10 heteroatoms. The molecule has 0 atom stereocenters. The van der Waals surface area contributed by atoms with Crippen LogP contribution < -0.4 is 16.2 Å². The Kier molecular flexibility index (Phi) is 5.81. The molecule has 0 unspecified atom stereocenters. The number of aryl methyl sites for hydroxylation is 1. The lowest BCUT2D eigenvalue weighted by Crippen LogP contribution is -2.36. The fourth-order valence-corrected chi connectivity index (χ4v) is 2.72. The monoisotopic (exact) mass is 405 g/mol. The van der Waals surface area contributed by atoms with Crippen molar-refractivity contribution in [2.24, 2.45) is 0 Å². The van der Waals surface area contributed by atoms with Gasteiger partial charge in [-0.2, -0.15) is 13.2 Å². The van der Waals surface area contributed by atoms with E-state index in [1.54, 1.807) is 31.2 Å². The average Bonchev–Trinajstić information content (AvgIpc) is 2.68. The predicted molar refractivity (Wildman–Crippen MR) is 101 cm³/mol. The Balaban J connectivity index is 1.53. The van der Waals surface area contributed by atoms with Crippen LogP contribution in [0.25, 0.3) is 10.9 Å². The van der Waals surface area contributed by atoms with Crippen LogP contribution in [0.5, 0.6) is 0 Å². The van der Waals surface area contributed by atoms with Gasteiger partial charge in [0.05, 0.1) is 16.5 Å². The van der Waals surface area contributed by atoms with E-state index in [0.29, 0.717) is 16.7 Å². The molecule has 1 aromatic carbocycles. The standard InChI is InChI=1S/C19H18F3N5O2/c1-12-26-15-5-3-2-4-14(15)18(29)27(12)11-17(28)24-9-8-23-16-7-6-13(10-25-16)19(20,21)22/h2-7,10H,8-9,11H2,1H3,(H,23,25)(H,24,28). The molecule has 0 aliphatic heterocycles. The van der Waals surface area contributed by atoms with E-state index in [9.17, 15) is 22.8 Å². The molecular formula is C19H18F3N5O2. The summed E-state index contributed by atoms with van der Waals surface area (Å²) in [6, 6.07) is 9.04. The smallest absolute Gasteiger partial charge is 0.368 e. The molecule has 0 radical (unpaired) electrons. The molecule has 0 saturated heterocycles. The van der Waals surface area contributed by atoms with Gasteiger partial charge >= 0.3 is 6.18 Å². The van der Waals surface area contributed by atoms with E-state index < -0.39 is 11.7 Å². The minimum atomic E-state index is -4.44. The van der Waals surface area contributed by atoms with Crippen molar-refractivity contribution in [2.75, 3.05) is 18.4 Å². The largest absolute Gasteiger partial charge is 0.417 e. The van der Waals surface area contributed by atoms with Crippen LogP contribution in [0.1, 0.15) is 11.4 Å². The molecule has 152 valence electrons. The van der Waals surface area contributed by atoms with Crippen molar-refractivity contribution in [2.45, 2.75) is 19.6 Å². The number of rotatable bonds is 6. The Labute approximate surface area is 163 Å². The zero-order valence-electron chi connectivity index (χ0n) is 15.5. The highest BCUT2D eigenvalue weighted by Crippen LogP contribution is 2.28. The third-order valence-electron chi connectivity index (χ3n) is 4.20. The minimum Gasteiger partial charge on any atom is -0.368 e. The summed E-state index contributed by atoms with van der Waals surface area (Å²) >= 11 is 0. The molecule has 0 bridgehead atoms. The normalized spacial score (nSPS) is 11.4. The lowest BCUT2D eigenvalue weighted by atomic mass is 10.2. The first kappa shape index (κ1) is 20.3. The van der Waals surface area contributed by atoms with Gasteiger partial charge in [0, 0.05) is 19.3 Å². The summed E-state index contributed by atoms with van der Waals surface area (Å²) in [4.78, 5) is 32.7. The molecular weight excluding hydrogens is 387 g/mol. The Morgan fingerprint density at radius 1 is 1.14 bits per heavy atom. The second kappa shape index (κ2) is 8.29. The van der Waals surface area contributed by atoms with Gasteiger partial charge in [0.2, 0.25) is 5.91 Å². The van der Waals surface area contributed by atoms with Crippen molar-refractivity contribution in [3.63, 3.8) is 0 Å². The quantitative estimate of drug-likeness (QED) is 0.615. The van der Waals surface area contributed by atoms with Crippen molar-refractivity contribution >= 4 is 22.6 Å². The highest BCUT2D eigenvalue weighted by atomic mass is 19.4. The SMILES string of the molecule is Cc1nc2ccccc2c(=O)n1CC(=O)NCCNc1ccc(C(F)(F)F)cn1. The molecule has 0 saturated carbocycles. The van der Waals surface area contributed by atoms with Crippen molar-refractivity contribution in [3.05, 3.63) is 64.3 Å². The predicted octanol–water partition coefficient (Wildman–Crippen LogP) is 2.35. The number of benzene rings is 1. The van der Waals surface area contributed by atoms with Gasteiger partial charge in [0.15, 0.2) is 0 Å². The summed E-state index contributed by atoms with van der Waals surface area (Å²) in [5.41, 5.74) is -0.559. The number of anilines is 1. The van der Waals surface area contributed by atoms with Gasteiger partial charge in [-0.3, -0.25) is 14.2 Å². The number of carbonyl (C=O) groups excluding carboxylic acids is 1. The Morgan fingerprint density at radius 3 is 2.59 bits per heavy atom. The fraction of sp³-hybridized carbons (Fsp3) is 0.263. The topological polar surface area (TPSA) is 88.9 Å². The minimum absolute atomic E-state index is 0.180. The zero-order valence-corrected chi connectivity index (χ0v) is 15.5. The highest BCUT2D eigenvalue weighted by molar-refractivity contribution is 5.79. The third kappa shape index (κ3) is 4.89. The molecule has 3 rings (SSSR count). The number of pyridine rings is 1. The summed E-state index contributed by atoms with van der Waals surface area (Å²) in [7, 11) is 0. The van der Waals surface area contributed by atoms with E-state index in [-0.39, 0.29) is 36.9 Å². The van der Waals surface area contributed by atoms with Gasteiger partial charge in [0.1, 0.15) is 18.2 Å². The second-order valence-corrected chi connectivity index (χ2v) is 6.27. The van der Waals surface area contributed by atoms with Crippen LogP contribution in [0.3, 0.4) is 0 Å². The molecule has 2 N–H and O–H groups in total. The van der Waals surface area contributed by atoms with Gasteiger partial charge in [-0.1, -0.05) is 12.1 Å². The van der Waals surface area contributed by atoms with Crippen LogP contribution in [0, 0.1) is 6.92 Å². The van der Waals surface area contributed by atoms with E-state index in [2.05, 4.69) is 20.6 Å². The lowest BCUT2D eigenvalue weighted by molar-refractivity contribution is -0.137. The van der Waals surface area contributed by atoms with E-state index in [1.165, 1.54) is 10.6 Å². The van der Waals surface area contributed by atoms with Crippen molar-refractivity contribution in [1.29, 1.82) is 0 Å². The maximum Gasteiger partial charge on any atom is 0.417 e. The molecule has 0 fully saturated rings. The first-order valence-corrected chi connectivity index (χ1v) is 8.76. The van der Waals surface area contributed by atoms with Crippen molar-refractivity contribution in [1.82, 2.24) is 19.9 Å². The van der Waals surface area contributed by atoms with Crippen LogP contribution in [0.15, 0.2) is 47.4 Å². The number of aromatic nitrogens is 3. The molecule has 2 aromatic heterocycles. The molecule has 29 heavy (non-hydrogen) atoms. The number of carbonyl (C=O) groups is 1. The molecule has 0 spiro atoms. The maximum atomic E-state index is 12.5. The fourth-order valence-electron chi connectivity index (χ4n) is 2.72. The van der Waals surface area contributed by atoms with Crippen LogP contribution >= 0.6 is 0 Å². The lowest BCUT2D eigenvalue weighted by Gasteiger charge is -2.12. The average molecular weight is 405 g/mol. The van der Waals surface area contributed by atoms with Crippen LogP contribution in [-0.2, 0) is 17.5 Å². The summed E-state index contributed by atoms with van der Waals surface area (Å²) in [6.07, 6.45) is -3.70. The molecule has 0 aliphatic rings. The third-order valence-corrected chi connectivity index (χ3v) is 4.20. The summed E-state index contributed by atoms with van der Waals surface area (Å²) in [5.74, 6) is 0.309. The summed E-state index contributed by atoms with van der Waals surface area (Å²) in [6.45, 7) is 1.93. The van der Waals surface area contributed by atoms with Gasteiger partial charge in [-0.25, -0.2) is 9.97 Å². The Hall–Kier alpha value is -3.43. The van der Waals surface area contributed by atoms with E-state index >= 15 is 0 Å². The number of nitrogens with zero attached hydrogens (tertiary/aromatic N) is 3. The molecule has 7 nitrogen and oxygen atoms in total. The van der Waals surface area contributed by atoms with Gasteiger partial charge in [0.25, 0.3) is 5.56 Å². The van der Waals surface area contributed by atoms with E-state index in [4.69, 9.17) is 0 Å². The zero-order chi connectivity index (χ0) is 21.0. The maximum absolute atomic E-state index is 12.5. The van der Waals surface area contributed by atoms with Crippen LogP contribution in [-0.4, -0.2) is 33.5 Å². The molecule has 3 aromatic rings. The van der Waals surface area contributed by atoms with Gasteiger partial charge < -0.3 is 10.6 Å². The van der Waals surface area contributed by atoms with Crippen LogP contribution in [0.2, 0.25) is 0 Å². The molecule has 2 heterocycles. The van der Waals surface area contributed by atoms with Gasteiger partial charge in [-0.05, 0) is 31.2 Å². The Morgan fingerprint density at radius 2 is 1.90 bits per heavy atom. The van der Waals surface area contributed by atoms with Crippen LogP contribution in [0.4, 0.5) is 19.0 Å². The number of hydrogen-bond donors (Lipinski definition) is 2. The Bertz CT molecular complexity index is 1080. The number of alkyl halides is 3. The molecule has 1 amide bonds. The number of para-hydroxylation sites is 1. The summed E-state index contributed by atoms with van der Waals surface area (Å²) in [5, 5.41) is 5.89. The van der Waals surface area contributed by atoms with E-state index in [1.807, 2.05) is 0 Å². The number of amides is 1.